The van der Waals surface area contributed by atoms with Crippen LogP contribution in [0.1, 0.15) is 82.4 Å². The molecule has 3 aliphatic rings. The Morgan fingerprint density at radius 2 is 1.64 bits per heavy atom. The van der Waals surface area contributed by atoms with Gasteiger partial charge in [-0.25, -0.2) is 8.42 Å². The van der Waals surface area contributed by atoms with Crippen LogP contribution < -0.4 is 0 Å². The minimum atomic E-state index is -3.58. The molecule has 3 heterocycles. The van der Waals surface area contributed by atoms with Gasteiger partial charge < -0.3 is 4.74 Å². The van der Waals surface area contributed by atoms with Gasteiger partial charge in [0.1, 0.15) is 5.60 Å². The van der Waals surface area contributed by atoms with Crippen LogP contribution in [0.3, 0.4) is 0 Å². The van der Waals surface area contributed by atoms with Gasteiger partial charge in [-0.05, 0) is 40.9 Å². The molecule has 2 fully saturated rings. The first-order valence-electron chi connectivity index (χ1n) is 10.6. The van der Waals surface area contributed by atoms with E-state index in [0.717, 1.165) is 17.5 Å². The third kappa shape index (κ3) is 2.98. The van der Waals surface area contributed by atoms with Gasteiger partial charge in [-0.2, -0.15) is 4.31 Å². The van der Waals surface area contributed by atoms with E-state index in [1.54, 1.807) is 4.31 Å². The largest absolute Gasteiger partial charge is 0.362 e. The van der Waals surface area contributed by atoms with Crippen molar-refractivity contribution in [2.75, 3.05) is 13.1 Å². The molecule has 0 amide bonds. The molecule has 1 aromatic carbocycles. The summed E-state index contributed by atoms with van der Waals surface area (Å²) in [4.78, 5) is 0.539. The molecule has 28 heavy (non-hydrogen) atoms. The molecule has 3 aliphatic heterocycles. The zero-order chi connectivity index (χ0) is 20.4. The summed E-state index contributed by atoms with van der Waals surface area (Å²) in [7, 11) is -3.58. The minimum absolute atomic E-state index is 0.147. The van der Waals surface area contributed by atoms with E-state index in [1.165, 1.54) is 5.56 Å². The van der Waals surface area contributed by atoms with Gasteiger partial charge in [0.2, 0.25) is 10.0 Å². The van der Waals surface area contributed by atoms with Crippen LogP contribution in [0.2, 0.25) is 0 Å². The monoisotopic (exact) mass is 403 g/mol. The molecule has 0 radical (unpaired) electrons. The molecule has 0 unspecified atom stereocenters. The number of ether oxygens (including phenoxy) is 1. The number of sulfonamides is 1. The smallest absolute Gasteiger partial charge is 0.243 e. The standard InChI is InChI=1S/C23H33NO3S/c1-14(2)17-9-20(15(3)4)22(21(10-17)16(5)6)28(25,26)24-12-18-11-19-7-8-23(18,13-24)27-19/h7-10,14-16,18-19H,11-13H2,1-6H3/t18-,19+,23+/m1/s1. The van der Waals surface area contributed by atoms with E-state index in [4.69, 9.17) is 4.74 Å². The molecule has 1 aromatic rings. The summed E-state index contributed by atoms with van der Waals surface area (Å²) in [5.74, 6) is 0.935. The first-order valence-corrected chi connectivity index (χ1v) is 12.0. The van der Waals surface area contributed by atoms with Gasteiger partial charge in [0.25, 0.3) is 0 Å². The van der Waals surface area contributed by atoms with Crippen molar-refractivity contribution >= 4 is 10.0 Å². The molecule has 0 aliphatic carbocycles. The maximum absolute atomic E-state index is 13.9. The van der Waals surface area contributed by atoms with E-state index in [9.17, 15) is 8.42 Å². The van der Waals surface area contributed by atoms with Gasteiger partial charge in [-0.1, -0.05) is 65.8 Å². The average molecular weight is 404 g/mol. The summed E-state index contributed by atoms with van der Waals surface area (Å²) in [6.07, 6.45) is 5.32. The summed E-state index contributed by atoms with van der Waals surface area (Å²) in [5.41, 5.74) is 2.72. The van der Waals surface area contributed by atoms with E-state index >= 15 is 0 Å². The molecular weight excluding hydrogens is 370 g/mol. The zero-order valence-corrected chi connectivity index (χ0v) is 18.7. The Hall–Kier alpha value is -1.17. The van der Waals surface area contributed by atoms with E-state index < -0.39 is 15.6 Å². The quantitative estimate of drug-likeness (QED) is 0.665. The predicted octanol–water partition coefficient (Wildman–Crippen LogP) is 4.77. The van der Waals surface area contributed by atoms with Gasteiger partial charge in [0.05, 0.1) is 11.0 Å². The Balaban J connectivity index is 1.82. The highest BCUT2D eigenvalue weighted by molar-refractivity contribution is 7.89. The van der Waals surface area contributed by atoms with Crippen molar-refractivity contribution in [3.63, 3.8) is 0 Å². The lowest BCUT2D eigenvalue weighted by Gasteiger charge is -2.27. The SMILES string of the molecule is CC(C)c1cc(C(C)C)c(S(=O)(=O)N2C[C@H]3C[C@@H]4C=C[C@@]3(C2)O4)c(C(C)C)c1. The Labute approximate surface area is 170 Å². The lowest BCUT2D eigenvalue weighted by molar-refractivity contribution is 0.0291. The fraction of sp³-hybridized carbons (Fsp3) is 0.652. The Morgan fingerprint density at radius 1 is 1.04 bits per heavy atom. The van der Waals surface area contributed by atoms with Crippen molar-refractivity contribution in [1.82, 2.24) is 4.31 Å². The van der Waals surface area contributed by atoms with Crippen LogP contribution in [0.4, 0.5) is 0 Å². The van der Waals surface area contributed by atoms with Crippen molar-refractivity contribution in [3.05, 3.63) is 41.0 Å². The Bertz CT molecular complexity index is 887. The molecule has 1 spiro atoms. The first-order chi connectivity index (χ1) is 13.0. The topological polar surface area (TPSA) is 46.6 Å². The molecule has 2 bridgehead atoms. The lowest BCUT2D eigenvalue weighted by Crippen LogP contribution is -2.36. The van der Waals surface area contributed by atoms with Crippen LogP contribution in [0.25, 0.3) is 0 Å². The summed E-state index contributed by atoms with van der Waals surface area (Å²) < 4.78 is 35.7. The van der Waals surface area contributed by atoms with Gasteiger partial charge in [-0.3, -0.25) is 0 Å². The third-order valence-corrected chi connectivity index (χ3v) is 8.64. The number of nitrogens with zero attached hydrogens (tertiary/aromatic N) is 1. The normalized spacial score (nSPS) is 29.6. The number of fused-ring (bicyclic) bond motifs is 1. The highest BCUT2D eigenvalue weighted by Gasteiger charge is 2.57. The number of benzene rings is 1. The van der Waals surface area contributed by atoms with Crippen molar-refractivity contribution in [3.8, 4) is 0 Å². The van der Waals surface area contributed by atoms with Crippen LogP contribution in [-0.4, -0.2) is 37.5 Å². The second-order valence-corrected chi connectivity index (χ2v) is 11.6. The molecule has 0 saturated carbocycles. The van der Waals surface area contributed by atoms with Gasteiger partial charge in [0, 0.05) is 19.0 Å². The molecule has 3 atom stereocenters. The molecule has 2 saturated heterocycles. The Kier molecular flexibility index (Phi) is 4.80. The van der Waals surface area contributed by atoms with E-state index in [1.807, 2.05) is 0 Å². The van der Waals surface area contributed by atoms with Gasteiger partial charge in [0.15, 0.2) is 0 Å². The van der Waals surface area contributed by atoms with E-state index in [2.05, 4.69) is 65.8 Å². The van der Waals surface area contributed by atoms with E-state index in [-0.39, 0.29) is 23.9 Å². The highest BCUT2D eigenvalue weighted by atomic mass is 32.2. The molecule has 4 nitrogen and oxygen atoms in total. The van der Waals surface area contributed by atoms with Gasteiger partial charge in [-0.15, -0.1) is 0 Å². The van der Waals surface area contributed by atoms with E-state index in [0.29, 0.717) is 23.9 Å². The molecule has 0 N–H and O–H groups in total. The minimum Gasteiger partial charge on any atom is -0.362 e. The predicted molar refractivity (Wildman–Crippen MR) is 112 cm³/mol. The van der Waals surface area contributed by atoms with Crippen LogP contribution in [0, 0.1) is 5.92 Å². The van der Waals surface area contributed by atoms with Crippen LogP contribution in [0.15, 0.2) is 29.2 Å². The fourth-order valence-electron chi connectivity index (χ4n) is 5.00. The number of hydrogen-bond acceptors (Lipinski definition) is 3. The zero-order valence-electron chi connectivity index (χ0n) is 17.9. The maximum Gasteiger partial charge on any atom is 0.243 e. The van der Waals surface area contributed by atoms with Crippen molar-refractivity contribution in [1.29, 1.82) is 0 Å². The second kappa shape index (κ2) is 6.68. The lowest BCUT2D eigenvalue weighted by atomic mass is 9.86. The Morgan fingerprint density at radius 3 is 2.11 bits per heavy atom. The summed E-state index contributed by atoms with van der Waals surface area (Å²) in [5, 5.41) is 0. The van der Waals surface area contributed by atoms with Crippen molar-refractivity contribution in [2.45, 2.75) is 82.3 Å². The third-order valence-electron chi connectivity index (χ3n) is 6.70. The average Bonchev–Trinajstić information content (AvgIpc) is 3.28. The van der Waals surface area contributed by atoms with Gasteiger partial charge >= 0.3 is 0 Å². The fourth-order valence-corrected chi connectivity index (χ4v) is 7.19. The molecule has 4 rings (SSSR count). The maximum atomic E-state index is 13.9. The highest BCUT2D eigenvalue weighted by Crippen LogP contribution is 2.49. The van der Waals surface area contributed by atoms with Crippen LogP contribution >= 0.6 is 0 Å². The number of rotatable bonds is 5. The molecule has 154 valence electrons. The second-order valence-electron chi connectivity index (χ2n) is 9.69. The molecule has 0 aromatic heterocycles. The summed E-state index contributed by atoms with van der Waals surface area (Å²) in [6.45, 7) is 13.7. The van der Waals surface area contributed by atoms with Crippen LogP contribution in [0.5, 0.6) is 0 Å². The first kappa shape index (κ1) is 20.1. The molecular formula is C23H33NO3S. The summed E-state index contributed by atoms with van der Waals surface area (Å²) in [6, 6.07) is 4.23. The summed E-state index contributed by atoms with van der Waals surface area (Å²) >= 11 is 0. The van der Waals surface area contributed by atoms with Crippen molar-refractivity contribution < 1.29 is 13.2 Å². The molecule has 5 heteroatoms. The van der Waals surface area contributed by atoms with Crippen molar-refractivity contribution in [2.24, 2.45) is 5.92 Å². The number of hydrogen-bond donors (Lipinski definition) is 0. The van der Waals surface area contributed by atoms with Crippen LogP contribution in [-0.2, 0) is 14.8 Å².